The lowest BCUT2D eigenvalue weighted by Gasteiger charge is -2.33. The molecule has 32 heavy (non-hydrogen) atoms. The second-order valence-corrected chi connectivity index (χ2v) is 8.95. The number of piperidine rings is 1. The van der Waals surface area contributed by atoms with E-state index in [1.54, 1.807) is 24.3 Å². The fraction of sp³-hybridized carbons (Fsp3) is 0.375. The van der Waals surface area contributed by atoms with Crippen LogP contribution in [0.15, 0.2) is 42.7 Å². The van der Waals surface area contributed by atoms with Crippen LogP contribution in [-0.2, 0) is 12.1 Å². The summed E-state index contributed by atoms with van der Waals surface area (Å²) < 4.78 is 1.97. The Morgan fingerprint density at radius 2 is 1.72 bits per heavy atom. The maximum atomic E-state index is 12.8. The molecule has 166 valence electrons. The van der Waals surface area contributed by atoms with Gasteiger partial charge in [0.05, 0.1) is 29.0 Å². The minimum atomic E-state index is -0.921. The molecule has 2 aromatic heterocycles. The quantitative estimate of drug-likeness (QED) is 0.594. The van der Waals surface area contributed by atoms with Crippen molar-refractivity contribution in [2.24, 2.45) is 0 Å². The predicted octanol–water partition coefficient (Wildman–Crippen LogP) is 3.00. The van der Waals surface area contributed by atoms with Crippen LogP contribution in [0.2, 0.25) is 0 Å². The highest BCUT2D eigenvalue weighted by molar-refractivity contribution is 6.21. The third-order valence-electron chi connectivity index (χ3n) is 6.80. The molecule has 1 saturated carbocycles. The van der Waals surface area contributed by atoms with Crippen LogP contribution in [0.5, 0.6) is 0 Å². The van der Waals surface area contributed by atoms with E-state index in [1.807, 2.05) is 10.6 Å². The van der Waals surface area contributed by atoms with Crippen molar-refractivity contribution < 1.29 is 14.7 Å². The summed E-state index contributed by atoms with van der Waals surface area (Å²) in [7, 11) is 0. The summed E-state index contributed by atoms with van der Waals surface area (Å²) in [4.78, 5) is 31.6. The molecule has 4 heterocycles. The molecule has 0 unspecified atom stereocenters. The maximum Gasteiger partial charge on any atom is 0.261 e. The van der Waals surface area contributed by atoms with Crippen LogP contribution in [-0.4, -0.2) is 44.3 Å². The average Bonchev–Trinajstić information content (AvgIpc) is 3.51. The molecule has 0 radical (unpaired) electrons. The number of hydrogen-bond donors (Lipinski definition) is 2. The van der Waals surface area contributed by atoms with Crippen molar-refractivity contribution in [3.8, 4) is 0 Å². The Labute approximate surface area is 191 Å². The van der Waals surface area contributed by atoms with Gasteiger partial charge < -0.3 is 14.8 Å². The SMILES string of the molecule is Cl.O=C1c2ccccc2C(=O)N1Cc1cn2cc(C3CC3)cc(C3(O)CCNCC3)c2n1. The summed E-state index contributed by atoms with van der Waals surface area (Å²) in [5, 5.41) is 14.8. The van der Waals surface area contributed by atoms with Crippen LogP contribution >= 0.6 is 12.4 Å². The number of hydrogen-bond acceptors (Lipinski definition) is 5. The van der Waals surface area contributed by atoms with Gasteiger partial charge in [-0.25, -0.2) is 4.98 Å². The zero-order valence-corrected chi connectivity index (χ0v) is 18.4. The molecule has 7 nitrogen and oxygen atoms in total. The van der Waals surface area contributed by atoms with Crippen molar-refractivity contribution in [3.63, 3.8) is 0 Å². The van der Waals surface area contributed by atoms with Crippen LogP contribution in [0.4, 0.5) is 0 Å². The van der Waals surface area contributed by atoms with Crippen molar-refractivity contribution in [1.29, 1.82) is 0 Å². The summed E-state index contributed by atoms with van der Waals surface area (Å²) in [5.41, 5.74) is 3.39. The fourth-order valence-electron chi connectivity index (χ4n) is 4.88. The fourth-order valence-corrected chi connectivity index (χ4v) is 4.88. The number of carbonyl (C=O) groups is 2. The number of amides is 2. The Morgan fingerprint density at radius 1 is 1.06 bits per heavy atom. The van der Waals surface area contributed by atoms with Gasteiger partial charge in [-0.1, -0.05) is 12.1 Å². The Morgan fingerprint density at radius 3 is 2.34 bits per heavy atom. The average molecular weight is 453 g/mol. The van der Waals surface area contributed by atoms with Gasteiger partial charge in [-0.15, -0.1) is 12.4 Å². The van der Waals surface area contributed by atoms with Crippen LogP contribution in [0, 0.1) is 0 Å². The van der Waals surface area contributed by atoms with Crippen molar-refractivity contribution in [1.82, 2.24) is 19.6 Å². The number of nitrogens with zero attached hydrogens (tertiary/aromatic N) is 3. The number of pyridine rings is 1. The number of carbonyl (C=O) groups excluding carboxylic acids is 2. The molecule has 2 N–H and O–H groups in total. The van der Waals surface area contributed by atoms with Crippen LogP contribution in [0.25, 0.3) is 5.65 Å². The lowest BCUT2D eigenvalue weighted by Crippen LogP contribution is -2.40. The topological polar surface area (TPSA) is 86.9 Å². The van der Waals surface area contributed by atoms with Gasteiger partial charge in [-0.05, 0) is 68.5 Å². The molecule has 0 atom stereocenters. The largest absolute Gasteiger partial charge is 0.385 e. The third kappa shape index (κ3) is 3.32. The summed E-state index contributed by atoms with van der Waals surface area (Å²) in [6.45, 7) is 1.64. The van der Waals surface area contributed by atoms with Crippen molar-refractivity contribution >= 4 is 29.9 Å². The highest BCUT2D eigenvalue weighted by atomic mass is 35.5. The van der Waals surface area contributed by atoms with E-state index in [4.69, 9.17) is 4.98 Å². The number of nitrogens with one attached hydrogen (secondary N) is 1. The van der Waals surface area contributed by atoms with Crippen molar-refractivity contribution in [2.45, 2.75) is 43.7 Å². The molecule has 1 saturated heterocycles. The van der Waals surface area contributed by atoms with E-state index in [1.165, 1.54) is 23.3 Å². The van der Waals surface area contributed by atoms with Gasteiger partial charge >= 0.3 is 0 Å². The minimum Gasteiger partial charge on any atom is -0.385 e. The molecular formula is C24H25ClN4O3. The number of aromatic nitrogens is 2. The number of imidazole rings is 1. The van der Waals surface area contributed by atoms with Crippen LogP contribution in [0.1, 0.15) is 69.1 Å². The lowest BCUT2D eigenvalue weighted by molar-refractivity contribution is 0.00678. The van der Waals surface area contributed by atoms with Crippen LogP contribution in [0.3, 0.4) is 0 Å². The van der Waals surface area contributed by atoms with E-state index in [9.17, 15) is 14.7 Å². The number of aliphatic hydroxyl groups is 1. The van der Waals surface area contributed by atoms with Crippen LogP contribution < -0.4 is 5.32 Å². The molecule has 3 aliphatic rings. The van der Waals surface area contributed by atoms with Gasteiger partial charge in [0.25, 0.3) is 11.8 Å². The first-order chi connectivity index (χ1) is 15.0. The van der Waals surface area contributed by atoms with Crippen molar-refractivity contribution in [2.75, 3.05) is 13.1 Å². The number of benzene rings is 1. The summed E-state index contributed by atoms with van der Waals surface area (Å²) in [5.74, 6) is -0.0300. The van der Waals surface area contributed by atoms with E-state index in [0.29, 0.717) is 41.2 Å². The lowest BCUT2D eigenvalue weighted by atomic mass is 9.84. The molecule has 0 bridgehead atoms. The number of fused-ring (bicyclic) bond motifs is 2. The second kappa shape index (κ2) is 7.69. The second-order valence-electron chi connectivity index (χ2n) is 8.95. The van der Waals surface area contributed by atoms with Gasteiger partial charge in [0.2, 0.25) is 0 Å². The van der Waals surface area contributed by atoms with E-state index < -0.39 is 5.60 Å². The summed E-state index contributed by atoms with van der Waals surface area (Å²) in [6.07, 6.45) is 7.58. The standard InChI is InChI=1S/C24H24N4O3.ClH/c29-22-18-3-1-2-4-19(18)23(30)28(22)14-17-13-27-12-16(15-5-6-15)11-20(21(27)26-17)24(31)7-9-25-10-8-24;/h1-4,11-13,15,25,31H,5-10,14H2;1H. The van der Waals surface area contributed by atoms with Gasteiger partial charge in [-0.2, -0.15) is 0 Å². The Bertz CT molecular complexity index is 1190. The first kappa shape index (κ1) is 21.1. The van der Waals surface area contributed by atoms with E-state index >= 15 is 0 Å². The number of imide groups is 1. The summed E-state index contributed by atoms with van der Waals surface area (Å²) >= 11 is 0. The molecule has 2 fully saturated rings. The van der Waals surface area contributed by atoms with Gasteiger partial charge in [0, 0.05) is 18.0 Å². The molecule has 2 aliphatic heterocycles. The molecule has 2 amide bonds. The third-order valence-corrected chi connectivity index (χ3v) is 6.80. The molecule has 3 aromatic rings. The smallest absolute Gasteiger partial charge is 0.261 e. The van der Waals surface area contributed by atoms with E-state index in [0.717, 1.165) is 18.7 Å². The minimum absolute atomic E-state index is 0. The van der Waals surface area contributed by atoms with Gasteiger partial charge in [0.1, 0.15) is 5.65 Å². The molecule has 1 aromatic carbocycles. The molecule has 8 heteroatoms. The molecular weight excluding hydrogens is 428 g/mol. The zero-order chi connectivity index (χ0) is 21.2. The first-order valence-corrected chi connectivity index (χ1v) is 10.9. The van der Waals surface area contributed by atoms with Gasteiger partial charge in [0.15, 0.2) is 0 Å². The highest BCUT2D eigenvalue weighted by Crippen LogP contribution is 2.43. The van der Waals surface area contributed by atoms with Crippen molar-refractivity contribution in [3.05, 3.63) is 70.7 Å². The van der Waals surface area contributed by atoms with E-state index in [2.05, 4.69) is 17.6 Å². The number of rotatable bonds is 4. The molecule has 6 rings (SSSR count). The monoisotopic (exact) mass is 452 g/mol. The highest BCUT2D eigenvalue weighted by Gasteiger charge is 2.37. The molecule has 1 aliphatic carbocycles. The summed E-state index contributed by atoms with van der Waals surface area (Å²) in [6, 6.07) is 9.03. The zero-order valence-electron chi connectivity index (χ0n) is 17.6. The predicted molar refractivity (Wildman–Crippen MR) is 121 cm³/mol. The Kier molecular flexibility index (Phi) is 5.08. The first-order valence-electron chi connectivity index (χ1n) is 10.9. The number of halogens is 1. The van der Waals surface area contributed by atoms with E-state index in [-0.39, 0.29) is 30.8 Å². The Balaban J connectivity index is 0.00000216. The normalized spacial score (nSPS) is 19.8. The molecule has 0 spiro atoms. The maximum absolute atomic E-state index is 12.8. The Hall–Kier alpha value is -2.74. The van der Waals surface area contributed by atoms with Gasteiger partial charge in [-0.3, -0.25) is 14.5 Å².